The number of hydrogen-bond donors (Lipinski definition) is 0. The monoisotopic (exact) mass is 371 g/mol. The lowest BCUT2D eigenvalue weighted by Crippen LogP contribution is -2.42. The molecule has 0 fully saturated rings. The Morgan fingerprint density at radius 3 is 2.12 bits per heavy atom. The van der Waals surface area contributed by atoms with Gasteiger partial charge in [0, 0.05) is 25.2 Å². The predicted octanol–water partition coefficient (Wildman–Crippen LogP) is 1.74. The number of aromatic nitrogens is 2. The van der Waals surface area contributed by atoms with Gasteiger partial charge in [0.2, 0.25) is 0 Å². The van der Waals surface area contributed by atoms with Crippen molar-refractivity contribution >= 4 is 23.3 Å². The van der Waals surface area contributed by atoms with Gasteiger partial charge in [-0.2, -0.15) is 0 Å². The zero-order valence-corrected chi connectivity index (χ0v) is 16.3. The number of ether oxygens (including phenoxy) is 2. The van der Waals surface area contributed by atoms with Gasteiger partial charge in [0.25, 0.3) is 5.56 Å². The molecule has 0 N–H and O–H groups in total. The van der Waals surface area contributed by atoms with Crippen LogP contribution >= 0.6 is 12.4 Å². The third-order valence-electron chi connectivity index (χ3n) is 3.97. The molecule has 25 heavy (non-hydrogen) atoms. The van der Waals surface area contributed by atoms with Gasteiger partial charge in [0.05, 0.1) is 25.1 Å². The van der Waals surface area contributed by atoms with Crippen LogP contribution in [0, 0.1) is 0 Å². The van der Waals surface area contributed by atoms with Crippen molar-refractivity contribution in [2.45, 2.75) is 26.4 Å². The average molecular weight is 372 g/mol. The Bertz CT molecular complexity index is 856. The molecule has 8 heteroatoms. The second-order valence-electron chi connectivity index (χ2n) is 6.23. The smallest absolute Gasteiger partial charge is 0.331 e. The van der Waals surface area contributed by atoms with E-state index in [4.69, 9.17) is 9.47 Å². The molecule has 0 aliphatic rings. The summed E-state index contributed by atoms with van der Waals surface area (Å²) >= 11 is 0. The van der Waals surface area contributed by atoms with Crippen molar-refractivity contribution in [1.82, 2.24) is 14.0 Å². The number of methoxy groups -OCH3 is 2. The van der Waals surface area contributed by atoms with Crippen LogP contribution in [-0.4, -0.2) is 48.9 Å². The molecule has 1 aromatic carbocycles. The fourth-order valence-electron chi connectivity index (χ4n) is 2.68. The van der Waals surface area contributed by atoms with Gasteiger partial charge in [-0.25, -0.2) is 4.79 Å². The number of halogens is 1. The van der Waals surface area contributed by atoms with Crippen LogP contribution in [0.5, 0.6) is 11.5 Å². The van der Waals surface area contributed by atoms with E-state index in [1.54, 1.807) is 16.7 Å². The van der Waals surface area contributed by atoms with Crippen LogP contribution < -0.4 is 20.7 Å². The van der Waals surface area contributed by atoms with Gasteiger partial charge in [-0.3, -0.25) is 13.9 Å². The zero-order chi connectivity index (χ0) is 18.0. The minimum Gasteiger partial charge on any atom is -0.493 e. The van der Waals surface area contributed by atoms with Crippen LogP contribution in [0.2, 0.25) is 0 Å². The van der Waals surface area contributed by atoms with Crippen LogP contribution in [0.4, 0.5) is 0 Å². The van der Waals surface area contributed by atoms with Crippen molar-refractivity contribution in [3.63, 3.8) is 0 Å². The van der Waals surface area contributed by atoms with E-state index in [0.29, 0.717) is 35.5 Å². The lowest BCUT2D eigenvalue weighted by atomic mass is 10.2. The molecule has 0 saturated carbocycles. The average Bonchev–Trinajstić information content (AvgIpc) is 2.52. The van der Waals surface area contributed by atoms with Crippen molar-refractivity contribution in [3.8, 4) is 11.5 Å². The molecule has 7 nitrogen and oxygen atoms in total. The highest BCUT2D eigenvalue weighted by molar-refractivity contribution is 5.85. The molecule has 2 aromatic rings. The fourth-order valence-corrected chi connectivity index (χ4v) is 2.68. The Kier molecular flexibility index (Phi) is 7.07. The van der Waals surface area contributed by atoms with Crippen LogP contribution in [-0.2, 0) is 6.54 Å². The van der Waals surface area contributed by atoms with E-state index in [1.165, 1.54) is 18.8 Å². The summed E-state index contributed by atoms with van der Waals surface area (Å²) in [5.41, 5.74) is -0.0648. The molecule has 2 rings (SSSR count). The first-order valence-electron chi connectivity index (χ1n) is 7.87. The molecule has 0 spiro atoms. The lowest BCUT2D eigenvalue weighted by Gasteiger charge is -2.19. The van der Waals surface area contributed by atoms with Crippen LogP contribution in [0.3, 0.4) is 0 Å². The zero-order valence-electron chi connectivity index (χ0n) is 15.5. The molecule has 0 saturated heterocycles. The molecule has 140 valence electrons. The van der Waals surface area contributed by atoms with Gasteiger partial charge in [0.15, 0.2) is 11.5 Å². The standard InChI is InChI=1S/C17H25N3O4.ClH/c1-11(2)20-16(21)12-9-14(23-5)15(24-6)10-13(12)19(17(20)22)8-7-18(3)4;/h9-11H,7-8H2,1-6H3;1H. The molecule has 1 heterocycles. The minimum atomic E-state index is -0.313. The maximum atomic E-state index is 12.8. The Balaban J connectivity index is 0.00000312. The second kappa shape index (κ2) is 8.40. The Labute approximate surface area is 153 Å². The molecule has 0 amide bonds. The molecule has 1 aromatic heterocycles. The van der Waals surface area contributed by atoms with Crippen LogP contribution in [0.15, 0.2) is 21.7 Å². The first-order chi connectivity index (χ1) is 11.3. The number of fused-ring (bicyclic) bond motifs is 1. The summed E-state index contributed by atoms with van der Waals surface area (Å²) in [5, 5.41) is 0.444. The van der Waals surface area contributed by atoms with Crippen molar-refractivity contribution in [3.05, 3.63) is 33.0 Å². The highest BCUT2D eigenvalue weighted by Gasteiger charge is 2.18. The fraction of sp³-hybridized carbons (Fsp3) is 0.529. The predicted molar refractivity (Wildman–Crippen MR) is 102 cm³/mol. The Morgan fingerprint density at radius 1 is 1.08 bits per heavy atom. The van der Waals surface area contributed by atoms with Gasteiger partial charge in [-0.15, -0.1) is 12.4 Å². The molecule has 0 atom stereocenters. The summed E-state index contributed by atoms with van der Waals surface area (Å²) in [4.78, 5) is 27.6. The van der Waals surface area contributed by atoms with Gasteiger partial charge in [-0.1, -0.05) is 0 Å². The van der Waals surface area contributed by atoms with Crippen molar-refractivity contribution in [2.24, 2.45) is 0 Å². The molecule has 0 bridgehead atoms. The van der Waals surface area contributed by atoms with Crippen LogP contribution in [0.25, 0.3) is 10.9 Å². The molecular weight excluding hydrogens is 346 g/mol. The number of hydrogen-bond acceptors (Lipinski definition) is 5. The molecule has 0 aliphatic heterocycles. The Morgan fingerprint density at radius 2 is 1.64 bits per heavy atom. The van der Waals surface area contributed by atoms with Gasteiger partial charge < -0.3 is 14.4 Å². The van der Waals surface area contributed by atoms with Crippen molar-refractivity contribution in [1.29, 1.82) is 0 Å². The highest BCUT2D eigenvalue weighted by atomic mass is 35.5. The topological polar surface area (TPSA) is 65.7 Å². The molecule has 0 aliphatic carbocycles. The largest absolute Gasteiger partial charge is 0.493 e. The second-order valence-corrected chi connectivity index (χ2v) is 6.23. The van der Waals surface area contributed by atoms with E-state index in [0.717, 1.165) is 0 Å². The third kappa shape index (κ3) is 3.99. The highest BCUT2D eigenvalue weighted by Crippen LogP contribution is 2.30. The Hall–Kier alpha value is -1.99. The number of rotatable bonds is 6. The van der Waals surface area contributed by atoms with Crippen molar-refractivity contribution in [2.75, 3.05) is 34.9 Å². The molecule has 0 radical (unpaired) electrons. The molecule has 0 unspecified atom stereocenters. The van der Waals surface area contributed by atoms with E-state index in [1.807, 2.05) is 32.8 Å². The number of nitrogens with zero attached hydrogens (tertiary/aromatic N) is 3. The van der Waals surface area contributed by atoms with E-state index in [2.05, 4.69) is 0 Å². The maximum Gasteiger partial charge on any atom is 0.331 e. The summed E-state index contributed by atoms with van der Waals surface area (Å²) in [6.07, 6.45) is 0. The third-order valence-corrected chi connectivity index (χ3v) is 3.97. The van der Waals surface area contributed by atoms with Crippen molar-refractivity contribution < 1.29 is 9.47 Å². The first kappa shape index (κ1) is 21.1. The quantitative estimate of drug-likeness (QED) is 0.774. The van der Waals surface area contributed by atoms with E-state index < -0.39 is 0 Å². The number of benzene rings is 1. The van der Waals surface area contributed by atoms with Crippen LogP contribution in [0.1, 0.15) is 19.9 Å². The lowest BCUT2D eigenvalue weighted by molar-refractivity contribution is 0.354. The van der Waals surface area contributed by atoms with Gasteiger partial charge in [-0.05, 0) is 34.0 Å². The minimum absolute atomic E-state index is 0. The maximum absolute atomic E-state index is 12.8. The van der Waals surface area contributed by atoms with Gasteiger partial charge >= 0.3 is 5.69 Å². The molecular formula is C17H26ClN3O4. The summed E-state index contributed by atoms with van der Waals surface area (Å²) in [5.74, 6) is 0.958. The van der Waals surface area contributed by atoms with E-state index in [-0.39, 0.29) is 29.7 Å². The normalized spacial score (nSPS) is 11.0. The summed E-state index contributed by atoms with van der Waals surface area (Å²) in [7, 11) is 6.93. The van der Waals surface area contributed by atoms with Gasteiger partial charge in [0.1, 0.15) is 0 Å². The summed E-state index contributed by atoms with van der Waals surface area (Å²) in [6.45, 7) is 4.81. The summed E-state index contributed by atoms with van der Waals surface area (Å²) < 4.78 is 13.5. The van der Waals surface area contributed by atoms with E-state index in [9.17, 15) is 9.59 Å². The SMILES string of the molecule is COc1cc2c(=O)n(C(C)C)c(=O)n(CCN(C)C)c2cc1OC.Cl. The summed E-state index contributed by atoms with van der Waals surface area (Å²) in [6, 6.07) is 3.10. The first-order valence-corrected chi connectivity index (χ1v) is 7.87. The van der Waals surface area contributed by atoms with E-state index >= 15 is 0 Å². The number of likely N-dealkylation sites (N-methyl/N-ethyl adjacent to an activating group) is 1.